The number of rotatable bonds is 7. The predicted octanol–water partition coefficient (Wildman–Crippen LogP) is 2.41. The number of nitrogens with one attached hydrogen (secondary N) is 1. The Morgan fingerprint density at radius 3 is 2.67 bits per heavy atom. The first-order valence-corrected chi connectivity index (χ1v) is 8.83. The third kappa shape index (κ3) is 5.17. The average molecular weight is 294 g/mol. The van der Waals surface area contributed by atoms with E-state index in [2.05, 4.69) is 40.9 Å². The van der Waals surface area contributed by atoms with Crippen molar-refractivity contribution in [2.24, 2.45) is 16.8 Å². The van der Waals surface area contributed by atoms with Gasteiger partial charge in [0.25, 0.3) is 0 Å². The van der Waals surface area contributed by atoms with Crippen LogP contribution in [0.1, 0.15) is 46.5 Å². The van der Waals surface area contributed by atoms with Crippen LogP contribution in [0.3, 0.4) is 0 Å². The van der Waals surface area contributed by atoms with Crippen LogP contribution < -0.4 is 5.32 Å². The maximum absolute atomic E-state index is 4.48. The van der Waals surface area contributed by atoms with E-state index in [1.165, 1.54) is 38.8 Å². The first-order chi connectivity index (χ1) is 10.1. The number of guanidine groups is 1. The summed E-state index contributed by atoms with van der Waals surface area (Å²) >= 11 is 0. The van der Waals surface area contributed by atoms with Gasteiger partial charge in [0, 0.05) is 39.3 Å². The lowest BCUT2D eigenvalue weighted by atomic mass is 9.97. The van der Waals surface area contributed by atoms with Crippen molar-refractivity contribution in [3.63, 3.8) is 0 Å². The van der Waals surface area contributed by atoms with Gasteiger partial charge in [0.05, 0.1) is 0 Å². The Morgan fingerprint density at radius 1 is 1.33 bits per heavy atom. The Bertz CT molecular complexity index is 336. The van der Waals surface area contributed by atoms with Crippen LogP contribution in [0.25, 0.3) is 0 Å². The molecule has 4 nitrogen and oxygen atoms in total. The smallest absolute Gasteiger partial charge is 0.193 e. The van der Waals surface area contributed by atoms with Crippen LogP contribution in [0.4, 0.5) is 0 Å². The maximum atomic E-state index is 4.48. The highest BCUT2D eigenvalue weighted by molar-refractivity contribution is 5.80. The van der Waals surface area contributed by atoms with Gasteiger partial charge in [0.2, 0.25) is 0 Å². The fraction of sp³-hybridized carbons (Fsp3) is 0.941. The lowest BCUT2D eigenvalue weighted by Gasteiger charge is -2.24. The van der Waals surface area contributed by atoms with Crippen LogP contribution in [-0.4, -0.2) is 61.6 Å². The zero-order valence-corrected chi connectivity index (χ0v) is 14.4. The van der Waals surface area contributed by atoms with E-state index in [1.54, 1.807) is 0 Å². The summed E-state index contributed by atoms with van der Waals surface area (Å²) in [6, 6.07) is 0.862. The van der Waals surface area contributed by atoms with E-state index >= 15 is 0 Å². The van der Waals surface area contributed by atoms with Crippen LogP contribution in [-0.2, 0) is 0 Å². The largest absolute Gasteiger partial charge is 0.355 e. The number of likely N-dealkylation sites (N-methyl/N-ethyl adjacent to an activating group) is 1. The summed E-state index contributed by atoms with van der Waals surface area (Å²) in [6.45, 7) is 12.6. The Morgan fingerprint density at radius 2 is 2.10 bits per heavy atom. The highest BCUT2D eigenvalue weighted by Gasteiger charge is 2.28. The first kappa shape index (κ1) is 16.6. The second-order valence-corrected chi connectivity index (χ2v) is 7.06. The van der Waals surface area contributed by atoms with Crippen molar-refractivity contribution in [1.29, 1.82) is 0 Å². The number of nitrogens with zero attached hydrogens (tertiary/aromatic N) is 3. The van der Waals surface area contributed by atoms with Gasteiger partial charge in [-0.3, -0.25) is 9.89 Å². The van der Waals surface area contributed by atoms with Gasteiger partial charge in [-0.25, -0.2) is 0 Å². The molecule has 0 bridgehead atoms. The van der Waals surface area contributed by atoms with Crippen molar-refractivity contribution < 1.29 is 0 Å². The molecule has 0 aromatic rings. The van der Waals surface area contributed by atoms with E-state index in [0.717, 1.165) is 43.5 Å². The quantitative estimate of drug-likeness (QED) is 0.578. The van der Waals surface area contributed by atoms with Gasteiger partial charge in [-0.05, 0) is 44.1 Å². The summed E-state index contributed by atoms with van der Waals surface area (Å²) in [7, 11) is 1.91. The lowest BCUT2D eigenvalue weighted by molar-refractivity contribution is 0.280. The van der Waals surface area contributed by atoms with Gasteiger partial charge in [0.15, 0.2) is 5.96 Å². The Kier molecular flexibility index (Phi) is 6.34. The standard InChI is InChI=1S/C17H34N4/c1-5-20(16-6-7-16)11-9-19-17(18-4)21-10-8-15(13-21)12-14(2)3/h14-16H,5-13H2,1-4H3,(H,18,19). The zero-order valence-electron chi connectivity index (χ0n) is 14.4. The second kappa shape index (κ2) is 8.02. The summed E-state index contributed by atoms with van der Waals surface area (Å²) in [6.07, 6.45) is 5.46. The van der Waals surface area contributed by atoms with E-state index in [9.17, 15) is 0 Å². The van der Waals surface area contributed by atoms with Gasteiger partial charge in [0.1, 0.15) is 0 Å². The number of hydrogen-bond donors (Lipinski definition) is 1. The van der Waals surface area contributed by atoms with Gasteiger partial charge in [-0.1, -0.05) is 20.8 Å². The van der Waals surface area contributed by atoms with E-state index in [1.807, 2.05) is 7.05 Å². The Labute approximate surface area is 131 Å². The number of likely N-dealkylation sites (tertiary alicyclic amines) is 1. The minimum atomic E-state index is 0.807. The highest BCUT2D eigenvalue weighted by atomic mass is 15.3. The molecule has 122 valence electrons. The second-order valence-electron chi connectivity index (χ2n) is 7.06. The molecule has 21 heavy (non-hydrogen) atoms. The van der Waals surface area contributed by atoms with Crippen molar-refractivity contribution in [3.05, 3.63) is 0 Å². The topological polar surface area (TPSA) is 30.9 Å². The van der Waals surface area contributed by atoms with Crippen LogP contribution in [0, 0.1) is 11.8 Å². The van der Waals surface area contributed by atoms with Gasteiger partial charge in [-0.2, -0.15) is 0 Å². The van der Waals surface area contributed by atoms with Crippen LogP contribution in [0.5, 0.6) is 0 Å². The van der Waals surface area contributed by atoms with Gasteiger partial charge >= 0.3 is 0 Å². The molecule has 1 atom stereocenters. The minimum Gasteiger partial charge on any atom is -0.355 e. The summed E-state index contributed by atoms with van der Waals surface area (Å²) in [4.78, 5) is 9.51. The van der Waals surface area contributed by atoms with E-state index in [0.29, 0.717) is 0 Å². The van der Waals surface area contributed by atoms with E-state index in [-0.39, 0.29) is 0 Å². The molecule has 0 amide bonds. The monoisotopic (exact) mass is 294 g/mol. The number of aliphatic imine (C=N–C) groups is 1. The van der Waals surface area contributed by atoms with Crippen LogP contribution in [0.15, 0.2) is 4.99 Å². The molecule has 0 radical (unpaired) electrons. The molecule has 2 aliphatic rings. The summed E-state index contributed by atoms with van der Waals surface area (Å²) in [5, 5.41) is 3.57. The van der Waals surface area contributed by atoms with Crippen LogP contribution >= 0.6 is 0 Å². The fourth-order valence-electron chi connectivity index (χ4n) is 3.57. The molecular weight excluding hydrogens is 260 g/mol. The molecule has 1 saturated heterocycles. The SMILES string of the molecule is CCN(CCNC(=NC)N1CCC(CC(C)C)C1)C1CC1. The molecule has 2 rings (SSSR count). The molecular formula is C17H34N4. The Hall–Kier alpha value is -0.770. The molecule has 1 heterocycles. The van der Waals surface area contributed by atoms with Gasteiger partial charge in [-0.15, -0.1) is 0 Å². The predicted molar refractivity (Wildman–Crippen MR) is 90.8 cm³/mol. The molecule has 1 aliphatic heterocycles. The molecule has 0 aromatic heterocycles. The Balaban J connectivity index is 1.70. The summed E-state index contributed by atoms with van der Waals surface area (Å²) in [5.74, 6) is 2.76. The van der Waals surface area contributed by atoms with Crippen molar-refractivity contribution in [2.45, 2.75) is 52.5 Å². The zero-order chi connectivity index (χ0) is 15.2. The number of hydrogen-bond acceptors (Lipinski definition) is 2. The molecule has 2 fully saturated rings. The van der Waals surface area contributed by atoms with Gasteiger partial charge < -0.3 is 10.2 Å². The average Bonchev–Trinajstić information content (AvgIpc) is 3.19. The minimum absolute atomic E-state index is 0.807. The molecule has 0 spiro atoms. The fourth-order valence-corrected chi connectivity index (χ4v) is 3.57. The maximum Gasteiger partial charge on any atom is 0.193 e. The molecule has 1 unspecified atom stereocenters. The third-order valence-corrected chi connectivity index (χ3v) is 4.75. The molecule has 4 heteroatoms. The summed E-state index contributed by atoms with van der Waals surface area (Å²) < 4.78 is 0. The van der Waals surface area contributed by atoms with E-state index < -0.39 is 0 Å². The third-order valence-electron chi connectivity index (χ3n) is 4.75. The molecule has 1 N–H and O–H groups in total. The molecule has 0 aromatic carbocycles. The first-order valence-electron chi connectivity index (χ1n) is 8.83. The molecule has 1 aliphatic carbocycles. The molecule has 1 saturated carbocycles. The van der Waals surface area contributed by atoms with Crippen molar-refractivity contribution in [1.82, 2.24) is 15.1 Å². The van der Waals surface area contributed by atoms with Crippen molar-refractivity contribution in [2.75, 3.05) is 39.8 Å². The van der Waals surface area contributed by atoms with Crippen molar-refractivity contribution in [3.8, 4) is 0 Å². The lowest BCUT2D eigenvalue weighted by Crippen LogP contribution is -2.43. The normalized spacial score (nSPS) is 23.4. The van der Waals surface area contributed by atoms with Crippen molar-refractivity contribution >= 4 is 5.96 Å². The van der Waals surface area contributed by atoms with E-state index in [4.69, 9.17) is 0 Å². The van der Waals surface area contributed by atoms with Crippen LogP contribution in [0.2, 0.25) is 0 Å². The highest BCUT2D eigenvalue weighted by Crippen LogP contribution is 2.26. The summed E-state index contributed by atoms with van der Waals surface area (Å²) in [5.41, 5.74) is 0.